The molecule has 0 amide bonds. The molecule has 7 rings (SSSR count). The third kappa shape index (κ3) is 8.24. The Balaban J connectivity index is 1.06. The molecule has 21 heteroatoms. The molecule has 0 bridgehead atoms. The Bertz CT molecular complexity index is 2170. The van der Waals surface area contributed by atoms with Gasteiger partial charge in [0.25, 0.3) is 0 Å². The van der Waals surface area contributed by atoms with Crippen molar-refractivity contribution in [3.63, 3.8) is 0 Å². The van der Waals surface area contributed by atoms with Crippen LogP contribution in [0.25, 0.3) is 22.3 Å². The van der Waals surface area contributed by atoms with Gasteiger partial charge in [-0.15, -0.1) is 0 Å². The molecule has 0 unspecified atom stereocenters. The molecule has 3 fully saturated rings. The van der Waals surface area contributed by atoms with Crippen LogP contribution in [0.2, 0.25) is 0 Å². The van der Waals surface area contributed by atoms with Crippen LogP contribution < -0.4 is 14.9 Å². The van der Waals surface area contributed by atoms with Crippen LogP contribution in [-0.2, 0) is 23.7 Å². The highest BCUT2D eigenvalue weighted by atomic mass is 16.8. The summed E-state index contributed by atoms with van der Waals surface area (Å²) in [4.78, 5) is 26.2. The largest absolute Gasteiger partial charge is 0.508 e. The predicted octanol–water partition coefficient (Wildman–Crippen LogP) is -1.75. The van der Waals surface area contributed by atoms with E-state index >= 15 is 0 Å². The number of esters is 1. The van der Waals surface area contributed by atoms with Crippen LogP contribution in [0, 0.1) is 0 Å². The van der Waals surface area contributed by atoms with E-state index in [0.29, 0.717) is 5.56 Å². The Labute approximate surface area is 325 Å². The maximum absolute atomic E-state index is 13.3. The second kappa shape index (κ2) is 16.6. The molecule has 0 saturated carbocycles. The van der Waals surface area contributed by atoms with Crippen LogP contribution in [0.3, 0.4) is 0 Å². The molecular weight excluding hydrogens is 780 g/mol. The number of carbonyl (C=O) groups excluding carboxylic acids is 1. The molecule has 312 valence electrons. The second-order valence-corrected chi connectivity index (χ2v) is 13.7. The average molecular weight is 819 g/mol. The number of fused-ring (bicyclic) bond motifs is 1. The van der Waals surface area contributed by atoms with E-state index < -0.39 is 127 Å². The van der Waals surface area contributed by atoms with Gasteiger partial charge in [0.2, 0.25) is 12.0 Å². The van der Waals surface area contributed by atoms with Crippen molar-refractivity contribution < 1.29 is 98.5 Å². The lowest BCUT2D eigenvalue weighted by Gasteiger charge is -2.39. The van der Waals surface area contributed by atoms with Crippen LogP contribution in [-0.4, -0.2) is 156 Å². The van der Waals surface area contributed by atoms with E-state index in [2.05, 4.69) is 0 Å². The van der Waals surface area contributed by atoms with Gasteiger partial charge in [-0.1, -0.05) is 0 Å². The van der Waals surface area contributed by atoms with Crippen LogP contribution in [0.4, 0.5) is 0 Å². The van der Waals surface area contributed by atoms with Crippen molar-refractivity contribution >= 4 is 16.9 Å². The second-order valence-electron chi connectivity index (χ2n) is 13.7. The minimum absolute atomic E-state index is 0.0281. The molecule has 21 nitrogen and oxygen atoms in total. The highest BCUT2D eigenvalue weighted by Gasteiger charge is 2.50. The molecule has 3 aromatic carbocycles. The van der Waals surface area contributed by atoms with E-state index in [4.69, 9.17) is 37.6 Å². The molecule has 3 saturated heterocycles. The van der Waals surface area contributed by atoms with Gasteiger partial charge in [0.1, 0.15) is 82.8 Å². The molecule has 4 aromatic rings. The molecule has 58 heavy (non-hydrogen) atoms. The SMILES string of the molecule is O=C(Oc1cc(O)c2c(=O)cc(-c3ccc(O)cc3)oc2c1)c1cc(O)c(O)c(O[C@H]2OC[C@H](O)[C@@H](O)[C@@H]2O[C@H]2O[C@@H](CO[C@H]3OC[C@H](O)[C@@H](O)[C@@H]3O)[C@H](O)[C@H]2O)c1. The maximum atomic E-state index is 13.3. The van der Waals surface area contributed by atoms with E-state index in [1.807, 2.05) is 0 Å². The van der Waals surface area contributed by atoms with Gasteiger partial charge in [0.15, 0.2) is 35.6 Å². The van der Waals surface area contributed by atoms with E-state index in [-0.39, 0.29) is 34.8 Å². The summed E-state index contributed by atoms with van der Waals surface area (Å²) < 4.78 is 44.1. The van der Waals surface area contributed by atoms with Crippen LogP contribution in [0.1, 0.15) is 10.4 Å². The summed E-state index contributed by atoms with van der Waals surface area (Å²) in [5.74, 6) is -4.46. The number of hydrogen-bond acceptors (Lipinski definition) is 21. The Morgan fingerprint density at radius 3 is 2.12 bits per heavy atom. The van der Waals surface area contributed by atoms with E-state index in [1.54, 1.807) is 0 Å². The minimum Gasteiger partial charge on any atom is -0.508 e. The number of phenolic OH excluding ortho intramolecular Hbond substituents is 4. The quantitative estimate of drug-likeness (QED) is 0.0480. The zero-order valence-electron chi connectivity index (χ0n) is 29.7. The summed E-state index contributed by atoms with van der Waals surface area (Å²) in [5.41, 5.74) is -0.814. The molecule has 0 aliphatic carbocycles. The number of benzene rings is 3. The molecule has 1 aromatic heterocycles. The lowest BCUT2D eigenvalue weighted by molar-refractivity contribution is -0.305. The fraction of sp³-hybridized carbons (Fsp3) is 0.405. The maximum Gasteiger partial charge on any atom is 0.343 e. The van der Waals surface area contributed by atoms with Crippen LogP contribution in [0.15, 0.2) is 63.8 Å². The van der Waals surface area contributed by atoms with Gasteiger partial charge in [-0.25, -0.2) is 4.79 Å². The van der Waals surface area contributed by atoms with Crippen LogP contribution in [0.5, 0.6) is 34.5 Å². The molecule has 0 spiro atoms. The summed E-state index contributed by atoms with van der Waals surface area (Å²) in [5, 5.41) is 113. The van der Waals surface area contributed by atoms with Crippen molar-refractivity contribution in [1.29, 1.82) is 0 Å². The van der Waals surface area contributed by atoms with Gasteiger partial charge in [0.05, 0.1) is 25.4 Å². The number of hydrogen-bond donors (Lipinski definition) is 11. The number of aromatic hydroxyl groups is 4. The molecule has 11 N–H and O–H groups in total. The molecular formula is C37H38O21. The minimum atomic E-state index is -1.81. The predicted molar refractivity (Wildman–Crippen MR) is 188 cm³/mol. The Morgan fingerprint density at radius 2 is 1.40 bits per heavy atom. The van der Waals surface area contributed by atoms with E-state index in [1.165, 1.54) is 24.3 Å². The third-order valence-corrected chi connectivity index (χ3v) is 9.60. The Morgan fingerprint density at radius 1 is 0.724 bits per heavy atom. The summed E-state index contributed by atoms with van der Waals surface area (Å²) in [6, 6.07) is 10.7. The summed E-state index contributed by atoms with van der Waals surface area (Å²) >= 11 is 0. The Hall–Kier alpha value is -5.14. The first-order chi connectivity index (χ1) is 27.6. The average Bonchev–Trinajstić information content (AvgIpc) is 3.45. The lowest BCUT2D eigenvalue weighted by Crippen LogP contribution is -2.57. The van der Waals surface area contributed by atoms with Gasteiger partial charge in [-0.05, 0) is 36.4 Å². The van der Waals surface area contributed by atoms with Gasteiger partial charge in [0, 0.05) is 23.8 Å². The van der Waals surface area contributed by atoms with Gasteiger partial charge in [-0.2, -0.15) is 0 Å². The first-order valence-corrected chi connectivity index (χ1v) is 17.6. The van der Waals surface area contributed by atoms with Gasteiger partial charge in [-0.3, -0.25) is 4.79 Å². The number of carbonyl (C=O) groups is 1. The highest BCUT2D eigenvalue weighted by Crippen LogP contribution is 2.40. The monoisotopic (exact) mass is 818 g/mol. The summed E-state index contributed by atoms with van der Waals surface area (Å²) in [6.07, 6.45) is -19.5. The standard InChI is InChI=1S/C37H38O21/c38-15-3-1-13(2-4-15)22-9-18(40)26-17(39)7-16(8-23(26)55-22)54-34(50)14-5-19(41)27(44)24(6-14)56-37-33(29(46)21(43)11-52-37)58-36-32(49)30(47)25(57-36)12-53-35-31(48)28(45)20(42)10-51-35/h1-9,20-21,25,28-33,35-39,41-49H,10-12H2/t20-,21-,25-,28+,29+,30-,31-,32+,33-,35+,36+,37+/m0/s1. The molecule has 0 radical (unpaired) electrons. The molecule has 3 aliphatic rings. The van der Waals surface area contributed by atoms with Crippen molar-refractivity contribution in [3.8, 4) is 45.8 Å². The molecule has 12 atom stereocenters. The number of rotatable bonds is 10. The van der Waals surface area contributed by atoms with Crippen LogP contribution >= 0.6 is 0 Å². The van der Waals surface area contributed by atoms with Crippen molar-refractivity contribution in [2.75, 3.05) is 19.8 Å². The first kappa shape index (κ1) is 41.0. The molecule has 4 heterocycles. The van der Waals surface area contributed by atoms with Crippen molar-refractivity contribution in [2.24, 2.45) is 0 Å². The number of aliphatic hydroxyl groups is 7. The zero-order valence-corrected chi connectivity index (χ0v) is 29.7. The van der Waals surface area contributed by atoms with Gasteiger partial charge < -0.3 is 93.7 Å². The summed E-state index contributed by atoms with van der Waals surface area (Å²) in [6.45, 7) is -1.45. The number of ether oxygens (including phenoxy) is 7. The lowest BCUT2D eigenvalue weighted by atomic mass is 10.0. The normalized spacial score (nSPS) is 31.3. The zero-order chi connectivity index (χ0) is 41.6. The highest BCUT2D eigenvalue weighted by molar-refractivity contribution is 5.94. The first-order valence-electron chi connectivity index (χ1n) is 17.6. The number of phenols is 4. The van der Waals surface area contributed by atoms with E-state index in [0.717, 1.165) is 30.3 Å². The van der Waals surface area contributed by atoms with Crippen molar-refractivity contribution in [2.45, 2.75) is 73.8 Å². The van der Waals surface area contributed by atoms with Crippen molar-refractivity contribution in [3.05, 3.63) is 70.4 Å². The smallest absolute Gasteiger partial charge is 0.343 e. The van der Waals surface area contributed by atoms with Crippen molar-refractivity contribution in [1.82, 2.24) is 0 Å². The number of aliphatic hydroxyl groups excluding tert-OH is 7. The topological polar surface area (TPSA) is 334 Å². The van der Waals surface area contributed by atoms with E-state index in [9.17, 15) is 65.8 Å². The summed E-state index contributed by atoms with van der Waals surface area (Å²) in [7, 11) is 0. The fourth-order valence-corrected chi connectivity index (χ4v) is 6.41. The molecule has 3 aliphatic heterocycles. The van der Waals surface area contributed by atoms with Gasteiger partial charge >= 0.3 is 5.97 Å². The Kier molecular flexibility index (Phi) is 11.8. The fourth-order valence-electron chi connectivity index (χ4n) is 6.41. The third-order valence-electron chi connectivity index (χ3n) is 9.60.